The van der Waals surface area contributed by atoms with Gasteiger partial charge in [-0.15, -0.1) is 0 Å². The van der Waals surface area contributed by atoms with Gasteiger partial charge in [-0.3, -0.25) is 0 Å². The van der Waals surface area contributed by atoms with E-state index in [1.54, 1.807) is 13.2 Å². The molecule has 0 fully saturated rings. The largest absolute Gasteiger partial charge is 0.497 e. The highest BCUT2D eigenvalue weighted by atomic mass is 16.5. The molecule has 3 heteroatoms. The summed E-state index contributed by atoms with van der Waals surface area (Å²) in [4.78, 5) is 11.6. The summed E-state index contributed by atoms with van der Waals surface area (Å²) < 4.78 is 10.3. The van der Waals surface area contributed by atoms with E-state index in [0.29, 0.717) is 6.61 Å². The van der Waals surface area contributed by atoms with Crippen molar-refractivity contribution < 1.29 is 14.3 Å². The second kappa shape index (κ2) is 10.0. The van der Waals surface area contributed by atoms with Crippen LogP contribution in [-0.2, 0) is 9.53 Å². The van der Waals surface area contributed by atoms with Gasteiger partial charge in [0.05, 0.1) is 13.7 Å². The monoisotopic (exact) mass is 290 g/mol. The summed E-state index contributed by atoms with van der Waals surface area (Å²) in [5.74, 6) is 1.27. The molecule has 116 valence electrons. The number of hydrogen-bond acceptors (Lipinski definition) is 3. The summed E-state index contributed by atoms with van der Waals surface area (Å²) in [5, 5.41) is 0. The van der Waals surface area contributed by atoms with Gasteiger partial charge in [0, 0.05) is 6.08 Å². The predicted molar refractivity (Wildman–Crippen MR) is 86.3 cm³/mol. The fourth-order valence-electron chi connectivity index (χ4n) is 2.17. The maximum absolute atomic E-state index is 11.6. The van der Waals surface area contributed by atoms with Crippen LogP contribution in [0.1, 0.15) is 45.1 Å². The topological polar surface area (TPSA) is 35.5 Å². The third-order valence-electron chi connectivity index (χ3n) is 3.68. The number of esters is 1. The van der Waals surface area contributed by atoms with Crippen LogP contribution < -0.4 is 4.74 Å². The van der Waals surface area contributed by atoms with Crippen LogP contribution >= 0.6 is 0 Å². The SMILES string of the molecule is CCC(CC)CCCOC(=O)C=Cc1ccc(OC)cc1. The van der Waals surface area contributed by atoms with E-state index in [2.05, 4.69) is 13.8 Å². The minimum absolute atomic E-state index is 0.282. The van der Waals surface area contributed by atoms with Crippen LogP contribution in [-0.4, -0.2) is 19.7 Å². The predicted octanol–water partition coefficient (Wildman–Crippen LogP) is 4.47. The summed E-state index contributed by atoms with van der Waals surface area (Å²) in [6.45, 7) is 4.91. The molecule has 1 rings (SSSR count). The molecule has 0 aliphatic heterocycles. The van der Waals surface area contributed by atoms with Gasteiger partial charge in [-0.05, 0) is 42.5 Å². The molecule has 0 unspecified atom stereocenters. The lowest BCUT2D eigenvalue weighted by atomic mass is 9.98. The average Bonchev–Trinajstić information content (AvgIpc) is 2.53. The average molecular weight is 290 g/mol. The Hall–Kier alpha value is -1.77. The molecule has 0 spiro atoms. The van der Waals surface area contributed by atoms with Crippen molar-refractivity contribution >= 4 is 12.0 Å². The lowest BCUT2D eigenvalue weighted by Gasteiger charge is -2.11. The number of carbonyl (C=O) groups excluding carboxylic acids is 1. The molecule has 0 amide bonds. The van der Waals surface area contributed by atoms with Crippen molar-refractivity contribution in [1.29, 1.82) is 0 Å². The van der Waals surface area contributed by atoms with Gasteiger partial charge in [0.15, 0.2) is 0 Å². The fourth-order valence-corrected chi connectivity index (χ4v) is 2.17. The van der Waals surface area contributed by atoms with Crippen LogP contribution in [0.2, 0.25) is 0 Å². The van der Waals surface area contributed by atoms with Crippen molar-refractivity contribution in [2.75, 3.05) is 13.7 Å². The van der Waals surface area contributed by atoms with Crippen LogP contribution in [0.4, 0.5) is 0 Å². The first-order chi connectivity index (χ1) is 10.2. The van der Waals surface area contributed by atoms with Crippen molar-refractivity contribution in [3.63, 3.8) is 0 Å². The molecule has 1 aromatic carbocycles. The second-order valence-electron chi connectivity index (χ2n) is 5.10. The molecule has 0 aliphatic carbocycles. The maximum Gasteiger partial charge on any atom is 0.330 e. The van der Waals surface area contributed by atoms with E-state index in [-0.39, 0.29) is 5.97 Å². The summed E-state index contributed by atoms with van der Waals surface area (Å²) in [6, 6.07) is 7.52. The Kier molecular flexibility index (Phi) is 8.25. The zero-order chi connectivity index (χ0) is 15.5. The standard InChI is InChI=1S/C18H26O3/c1-4-15(5-2)7-6-14-21-18(19)13-10-16-8-11-17(20-3)12-9-16/h8-13,15H,4-7,14H2,1-3H3. The third kappa shape index (κ3) is 6.98. The second-order valence-corrected chi connectivity index (χ2v) is 5.10. The van der Waals surface area contributed by atoms with Gasteiger partial charge in [0.25, 0.3) is 0 Å². The van der Waals surface area contributed by atoms with Crippen molar-refractivity contribution in [2.45, 2.75) is 39.5 Å². The highest BCUT2D eigenvalue weighted by Crippen LogP contribution is 2.15. The minimum atomic E-state index is -0.282. The Morgan fingerprint density at radius 3 is 2.43 bits per heavy atom. The van der Waals surface area contributed by atoms with Crippen molar-refractivity contribution in [1.82, 2.24) is 0 Å². The summed E-state index contributed by atoms with van der Waals surface area (Å²) >= 11 is 0. The van der Waals surface area contributed by atoms with Crippen LogP contribution in [0.25, 0.3) is 6.08 Å². The van der Waals surface area contributed by atoms with Gasteiger partial charge >= 0.3 is 5.97 Å². The molecule has 0 saturated carbocycles. The summed E-state index contributed by atoms with van der Waals surface area (Å²) in [7, 11) is 1.63. The Morgan fingerprint density at radius 2 is 1.86 bits per heavy atom. The van der Waals surface area contributed by atoms with Crippen molar-refractivity contribution in [2.24, 2.45) is 5.92 Å². The number of rotatable bonds is 9. The fraction of sp³-hybridized carbons (Fsp3) is 0.500. The van der Waals surface area contributed by atoms with Gasteiger partial charge < -0.3 is 9.47 Å². The number of hydrogen-bond donors (Lipinski definition) is 0. The molecular formula is C18H26O3. The quantitative estimate of drug-likeness (QED) is 0.382. The first-order valence-corrected chi connectivity index (χ1v) is 7.68. The van der Waals surface area contributed by atoms with Crippen LogP contribution in [0, 0.1) is 5.92 Å². The van der Waals surface area contributed by atoms with Crippen LogP contribution in [0.5, 0.6) is 5.75 Å². The molecule has 0 saturated heterocycles. The smallest absolute Gasteiger partial charge is 0.330 e. The summed E-state index contributed by atoms with van der Waals surface area (Å²) in [5.41, 5.74) is 0.949. The number of ether oxygens (including phenoxy) is 2. The van der Waals surface area contributed by atoms with Crippen molar-refractivity contribution in [3.05, 3.63) is 35.9 Å². The van der Waals surface area contributed by atoms with Gasteiger partial charge in [-0.25, -0.2) is 4.79 Å². The van der Waals surface area contributed by atoms with Gasteiger partial charge in [0.1, 0.15) is 5.75 Å². The Balaban J connectivity index is 2.27. The lowest BCUT2D eigenvalue weighted by molar-refractivity contribution is -0.137. The zero-order valence-electron chi connectivity index (χ0n) is 13.3. The van der Waals surface area contributed by atoms with E-state index in [9.17, 15) is 4.79 Å². The Morgan fingerprint density at radius 1 is 1.19 bits per heavy atom. The van der Waals surface area contributed by atoms with Crippen molar-refractivity contribution in [3.8, 4) is 5.75 Å². The third-order valence-corrected chi connectivity index (χ3v) is 3.68. The molecular weight excluding hydrogens is 264 g/mol. The molecule has 0 radical (unpaired) electrons. The molecule has 0 aliphatic rings. The maximum atomic E-state index is 11.6. The molecule has 3 nitrogen and oxygen atoms in total. The van der Waals surface area contributed by atoms with Gasteiger partial charge in [0.2, 0.25) is 0 Å². The first-order valence-electron chi connectivity index (χ1n) is 7.68. The lowest BCUT2D eigenvalue weighted by Crippen LogP contribution is -2.05. The molecule has 0 atom stereocenters. The number of benzene rings is 1. The highest BCUT2D eigenvalue weighted by molar-refractivity contribution is 5.87. The van der Waals surface area contributed by atoms with E-state index < -0.39 is 0 Å². The van der Waals surface area contributed by atoms with Gasteiger partial charge in [-0.1, -0.05) is 38.8 Å². The molecule has 0 aromatic heterocycles. The van der Waals surface area contributed by atoms with E-state index >= 15 is 0 Å². The first kappa shape index (κ1) is 17.3. The Labute approximate surface area is 128 Å². The molecule has 1 aromatic rings. The molecule has 21 heavy (non-hydrogen) atoms. The number of methoxy groups -OCH3 is 1. The molecule has 0 bridgehead atoms. The van der Waals surface area contributed by atoms with Crippen LogP contribution in [0.15, 0.2) is 30.3 Å². The highest BCUT2D eigenvalue weighted by Gasteiger charge is 2.03. The molecule has 0 heterocycles. The zero-order valence-corrected chi connectivity index (χ0v) is 13.3. The Bertz CT molecular complexity index is 430. The normalized spacial score (nSPS) is 11.0. The van der Waals surface area contributed by atoms with E-state index in [1.165, 1.54) is 18.9 Å². The van der Waals surface area contributed by atoms with Gasteiger partial charge in [-0.2, -0.15) is 0 Å². The molecule has 0 N–H and O–H groups in total. The van der Waals surface area contributed by atoms with Crippen LogP contribution in [0.3, 0.4) is 0 Å². The van der Waals surface area contributed by atoms with E-state index in [0.717, 1.165) is 30.1 Å². The van der Waals surface area contributed by atoms with E-state index in [1.807, 2.05) is 24.3 Å². The number of carbonyl (C=O) groups is 1. The summed E-state index contributed by atoms with van der Waals surface area (Å²) in [6.07, 6.45) is 7.68. The van der Waals surface area contributed by atoms with E-state index in [4.69, 9.17) is 9.47 Å². The minimum Gasteiger partial charge on any atom is -0.497 e.